The van der Waals surface area contributed by atoms with Crippen LogP contribution in [-0.4, -0.2) is 10.8 Å². The van der Waals surface area contributed by atoms with Crippen molar-refractivity contribution < 1.29 is 0 Å². The highest BCUT2D eigenvalue weighted by Gasteiger charge is 2.03. The van der Waals surface area contributed by atoms with Gasteiger partial charge in [0.15, 0.2) is 0 Å². The van der Waals surface area contributed by atoms with Crippen LogP contribution >= 0.6 is 44.3 Å². The molecule has 1 aromatic heterocycles. The fourth-order valence-corrected chi connectivity index (χ4v) is 1.37. The summed E-state index contributed by atoms with van der Waals surface area (Å²) in [6.45, 7) is 0. The molecule has 0 atom stereocenters. The lowest BCUT2D eigenvalue weighted by Gasteiger charge is -2.00. The zero-order valence-electron chi connectivity index (χ0n) is 5.84. The largest absolute Gasteiger partial charge is 0.384 e. The third-order valence-electron chi connectivity index (χ3n) is 1.10. The van der Waals surface area contributed by atoms with Crippen molar-refractivity contribution in [1.82, 2.24) is 4.98 Å². The maximum absolute atomic E-state index is 7.16. The van der Waals surface area contributed by atoms with E-state index in [4.69, 9.17) is 11.1 Å². The van der Waals surface area contributed by atoms with E-state index in [1.54, 1.807) is 12.3 Å². The van der Waals surface area contributed by atoms with E-state index in [-0.39, 0.29) is 18.2 Å². The van der Waals surface area contributed by atoms with Gasteiger partial charge >= 0.3 is 0 Å². The molecule has 0 aliphatic carbocycles. The Balaban J connectivity index is 0.00000121. The molecule has 66 valence electrons. The summed E-state index contributed by atoms with van der Waals surface area (Å²) in [5, 5.41) is 7.16. The molecule has 0 aliphatic heterocycles. The van der Waals surface area contributed by atoms with E-state index in [2.05, 4.69) is 36.8 Å². The van der Waals surface area contributed by atoms with Crippen molar-refractivity contribution in [2.75, 3.05) is 0 Å². The Hall–Kier alpha value is -0.130. The lowest BCUT2D eigenvalue weighted by atomic mass is 10.3. The van der Waals surface area contributed by atoms with E-state index in [0.717, 1.165) is 4.47 Å². The van der Waals surface area contributed by atoms with E-state index < -0.39 is 0 Å². The molecule has 0 bridgehead atoms. The first-order chi connectivity index (χ1) is 5.11. The number of nitrogens with one attached hydrogen (secondary N) is 1. The van der Waals surface area contributed by atoms with Crippen LogP contribution in [0.25, 0.3) is 0 Å². The quantitative estimate of drug-likeness (QED) is 0.474. The van der Waals surface area contributed by atoms with Crippen molar-refractivity contribution in [3.8, 4) is 0 Å². The number of hydrogen-bond acceptors (Lipinski definition) is 2. The highest BCUT2D eigenvalue weighted by molar-refractivity contribution is 9.11. The molecule has 0 spiro atoms. The molecule has 0 aromatic carbocycles. The van der Waals surface area contributed by atoms with Gasteiger partial charge < -0.3 is 5.73 Å². The van der Waals surface area contributed by atoms with Gasteiger partial charge in [-0.25, -0.2) is 4.98 Å². The van der Waals surface area contributed by atoms with Gasteiger partial charge in [0.1, 0.15) is 10.4 Å². The highest BCUT2D eigenvalue weighted by Crippen LogP contribution is 2.17. The minimum Gasteiger partial charge on any atom is -0.384 e. The number of pyridine rings is 1. The average molecular weight is 315 g/mol. The van der Waals surface area contributed by atoms with Crippen molar-refractivity contribution in [1.29, 1.82) is 5.41 Å². The number of aromatic nitrogens is 1. The molecule has 0 amide bonds. The predicted molar refractivity (Wildman–Crippen MR) is 57.9 cm³/mol. The Bertz CT molecular complexity index is 303. The molecule has 1 rings (SSSR count). The molecular formula is C6H6Br2ClN3. The maximum Gasteiger partial charge on any atom is 0.125 e. The van der Waals surface area contributed by atoms with Gasteiger partial charge in [-0.1, -0.05) is 0 Å². The summed E-state index contributed by atoms with van der Waals surface area (Å²) in [6, 6.07) is 1.74. The lowest BCUT2D eigenvalue weighted by Crippen LogP contribution is -2.12. The molecule has 1 aromatic rings. The summed E-state index contributed by atoms with van der Waals surface area (Å²) in [5.41, 5.74) is 5.87. The zero-order chi connectivity index (χ0) is 8.43. The Morgan fingerprint density at radius 2 is 2.08 bits per heavy atom. The fourth-order valence-electron chi connectivity index (χ4n) is 0.611. The van der Waals surface area contributed by atoms with Crippen molar-refractivity contribution in [3.05, 3.63) is 26.9 Å². The third-order valence-corrected chi connectivity index (χ3v) is 2.16. The topological polar surface area (TPSA) is 62.8 Å². The molecule has 0 saturated heterocycles. The van der Waals surface area contributed by atoms with Crippen LogP contribution in [0.5, 0.6) is 0 Å². The van der Waals surface area contributed by atoms with Gasteiger partial charge in [0, 0.05) is 16.2 Å². The van der Waals surface area contributed by atoms with Crippen molar-refractivity contribution >= 4 is 50.1 Å². The molecule has 1 heterocycles. The molecule has 0 unspecified atom stereocenters. The van der Waals surface area contributed by atoms with Gasteiger partial charge in [-0.15, -0.1) is 12.4 Å². The molecule has 3 N–H and O–H groups in total. The lowest BCUT2D eigenvalue weighted by molar-refractivity contribution is 1.23. The molecule has 0 radical (unpaired) electrons. The first-order valence-electron chi connectivity index (χ1n) is 2.76. The molecule has 0 aliphatic rings. The maximum atomic E-state index is 7.16. The van der Waals surface area contributed by atoms with E-state index in [1.807, 2.05) is 0 Å². The third kappa shape index (κ3) is 2.73. The Morgan fingerprint density at radius 1 is 1.50 bits per heavy atom. The highest BCUT2D eigenvalue weighted by atomic mass is 79.9. The summed E-state index contributed by atoms with van der Waals surface area (Å²) in [6.07, 6.45) is 1.64. The van der Waals surface area contributed by atoms with E-state index in [1.165, 1.54) is 0 Å². The predicted octanol–water partition coefficient (Wildman–Crippen LogP) is 2.31. The Labute approximate surface area is 92.9 Å². The smallest absolute Gasteiger partial charge is 0.125 e. The second-order valence-corrected chi connectivity index (χ2v) is 3.57. The molecular weight excluding hydrogens is 309 g/mol. The fraction of sp³-hybridized carbons (Fsp3) is 0. The Morgan fingerprint density at radius 3 is 2.50 bits per heavy atom. The zero-order valence-corrected chi connectivity index (χ0v) is 9.83. The van der Waals surface area contributed by atoms with E-state index in [9.17, 15) is 0 Å². The first-order valence-corrected chi connectivity index (χ1v) is 4.35. The van der Waals surface area contributed by atoms with Crippen LogP contribution in [0.3, 0.4) is 0 Å². The normalized spacial score (nSPS) is 8.83. The van der Waals surface area contributed by atoms with Gasteiger partial charge in [0.25, 0.3) is 0 Å². The monoisotopic (exact) mass is 313 g/mol. The van der Waals surface area contributed by atoms with Gasteiger partial charge in [-0.05, 0) is 37.9 Å². The first kappa shape index (κ1) is 11.9. The standard InChI is InChI=1S/C6H5Br2N3.ClH/c7-3-1-4(6(9)10)5(8)11-2-3;/h1-2H,(H3,9,10);1H. The van der Waals surface area contributed by atoms with Crippen LogP contribution < -0.4 is 5.73 Å². The second-order valence-electron chi connectivity index (χ2n) is 1.91. The van der Waals surface area contributed by atoms with Gasteiger partial charge in [-0.3, -0.25) is 5.41 Å². The molecule has 0 fully saturated rings. The summed E-state index contributed by atoms with van der Waals surface area (Å²) in [7, 11) is 0. The number of halogens is 3. The van der Waals surface area contributed by atoms with Gasteiger partial charge in [-0.2, -0.15) is 0 Å². The second kappa shape index (κ2) is 4.79. The minimum atomic E-state index is 0. The van der Waals surface area contributed by atoms with E-state index >= 15 is 0 Å². The number of rotatable bonds is 1. The van der Waals surface area contributed by atoms with Crippen molar-refractivity contribution in [2.24, 2.45) is 5.73 Å². The summed E-state index contributed by atoms with van der Waals surface area (Å²) in [5.74, 6) is 0.00525. The average Bonchev–Trinajstić information content (AvgIpc) is 1.94. The van der Waals surface area contributed by atoms with Crippen LogP contribution in [0.2, 0.25) is 0 Å². The number of hydrogen-bond donors (Lipinski definition) is 2. The van der Waals surface area contributed by atoms with Crippen LogP contribution in [0.4, 0.5) is 0 Å². The van der Waals surface area contributed by atoms with Crippen LogP contribution in [0.1, 0.15) is 5.56 Å². The van der Waals surface area contributed by atoms with E-state index in [0.29, 0.717) is 10.2 Å². The molecule has 6 heteroatoms. The number of nitrogens with zero attached hydrogens (tertiary/aromatic N) is 1. The summed E-state index contributed by atoms with van der Waals surface area (Å²) < 4.78 is 1.40. The number of nitrogens with two attached hydrogens (primary N) is 1. The SMILES string of the molecule is Cl.N=C(N)c1cc(Br)cnc1Br. The van der Waals surface area contributed by atoms with Crippen molar-refractivity contribution in [3.63, 3.8) is 0 Å². The Kier molecular flexibility index (Phi) is 4.74. The summed E-state index contributed by atoms with van der Waals surface area (Å²) >= 11 is 6.41. The van der Waals surface area contributed by atoms with Crippen LogP contribution in [0, 0.1) is 5.41 Å². The number of amidine groups is 1. The van der Waals surface area contributed by atoms with Gasteiger partial charge in [0.05, 0.1) is 0 Å². The van der Waals surface area contributed by atoms with Gasteiger partial charge in [0.2, 0.25) is 0 Å². The molecule has 0 saturated carbocycles. The molecule has 12 heavy (non-hydrogen) atoms. The minimum absolute atomic E-state index is 0. The van der Waals surface area contributed by atoms with Crippen LogP contribution in [-0.2, 0) is 0 Å². The summed E-state index contributed by atoms with van der Waals surface area (Å²) in [4.78, 5) is 3.95. The molecule has 3 nitrogen and oxygen atoms in total. The van der Waals surface area contributed by atoms with Crippen LogP contribution in [0.15, 0.2) is 21.3 Å². The number of nitrogen functional groups attached to an aromatic ring is 1. The van der Waals surface area contributed by atoms with Crippen molar-refractivity contribution in [2.45, 2.75) is 0 Å².